The maximum absolute atomic E-state index is 12.7. The number of hydrogen-bond donors (Lipinski definition) is 0. The van der Waals surface area contributed by atoms with Gasteiger partial charge in [-0.05, 0) is 31.4 Å². The van der Waals surface area contributed by atoms with E-state index in [2.05, 4.69) is 0 Å². The van der Waals surface area contributed by atoms with Crippen LogP contribution >= 0.6 is 23.2 Å². The fraction of sp³-hybridized carbons (Fsp3) is 0.467. The largest absolute Gasteiger partial charge is 0.469 e. The average Bonchev–Trinajstić information content (AvgIpc) is 2.50. The van der Waals surface area contributed by atoms with Crippen LogP contribution in [0.4, 0.5) is 0 Å². The van der Waals surface area contributed by atoms with Crippen LogP contribution in [0.3, 0.4) is 0 Å². The van der Waals surface area contributed by atoms with E-state index >= 15 is 0 Å². The Morgan fingerprint density at radius 2 is 2.10 bits per heavy atom. The number of esters is 1. The molecule has 0 saturated carbocycles. The lowest BCUT2D eigenvalue weighted by molar-refractivity contribution is -0.142. The Morgan fingerprint density at radius 3 is 2.81 bits per heavy atom. The molecule has 1 atom stereocenters. The van der Waals surface area contributed by atoms with Gasteiger partial charge in [-0.2, -0.15) is 0 Å². The molecule has 0 radical (unpaired) electrons. The standard InChI is InChI=1S/C15H17Cl2NO3/c1-21-13(19)9-10-5-2-3-8-18(10)15(20)11-6-4-7-12(16)14(11)17/h4,6-7,10H,2-3,5,8-9H2,1H3. The zero-order valence-corrected chi connectivity index (χ0v) is 13.3. The highest BCUT2D eigenvalue weighted by Crippen LogP contribution is 2.29. The van der Waals surface area contributed by atoms with Crippen molar-refractivity contribution in [2.45, 2.75) is 31.7 Å². The van der Waals surface area contributed by atoms with Crippen LogP contribution in [-0.4, -0.2) is 36.5 Å². The molecule has 6 heteroatoms. The minimum absolute atomic E-state index is 0.145. The van der Waals surface area contributed by atoms with Gasteiger partial charge < -0.3 is 9.64 Å². The third kappa shape index (κ3) is 3.69. The second kappa shape index (κ2) is 7.14. The van der Waals surface area contributed by atoms with Crippen molar-refractivity contribution in [2.24, 2.45) is 0 Å². The minimum Gasteiger partial charge on any atom is -0.469 e. The van der Waals surface area contributed by atoms with Gasteiger partial charge in [-0.25, -0.2) is 0 Å². The molecule has 21 heavy (non-hydrogen) atoms. The topological polar surface area (TPSA) is 46.6 Å². The Hall–Kier alpha value is -1.26. The number of ether oxygens (including phenoxy) is 1. The number of piperidine rings is 1. The van der Waals surface area contributed by atoms with Gasteiger partial charge in [-0.15, -0.1) is 0 Å². The molecule has 0 bridgehead atoms. The number of amides is 1. The summed E-state index contributed by atoms with van der Waals surface area (Å²) in [6.45, 7) is 0.614. The zero-order valence-electron chi connectivity index (χ0n) is 11.8. The van der Waals surface area contributed by atoms with E-state index in [0.717, 1.165) is 19.3 Å². The van der Waals surface area contributed by atoms with Gasteiger partial charge >= 0.3 is 5.97 Å². The third-order valence-electron chi connectivity index (χ3n) is 3.70. The van der Waals surface area contributed by atoms with Crippen molar-refractivity contribution < 1.29 is 14.3 Å². The van der Waals surface area contributed by atoms with Gasteiger partial charge in [0.1, 0.15) is 0 Å². The Bertz CT molecular complexity index is 548. The lowest BCUT2D eigenvalue weighted by Gasteiger charge is -2.35. The van der Waals surface area contributed by atoms with Crippen LogP contribution in [0.5, 0.6) is 0 Å². The van der Waals surface area contributed by atoms with Gasteiger partial charge in [0.25, 0.3) is 5.91 Å². The van der Waals surface area contributed by atoms with Crippen LogP contribution in [0.15, 0.2) is 18.2 Å². The van der Waals surface area contributed by atoms with Gasteiger partial charge in [0.15, 0.2) is 0 Å². The second-order valence-electron chi connectivity index (χ2n) is 5.03. The van der Waals surface area contributed by atoms with E-state index in [1.807, 2.05) is 0 Å². The van der Waals surface area contributed by atoms with Crippen molar-refractivity contribution in [1.29, 1.82) is 0 Å². The number of nitrogens with zero attached hydrogens (tertiary/aromatic N) is 1. The highest BCUT2D eigenvalue weighted by molar-refractivity contribution is 6.43. The number of rotatable bonds is 3. The van der Waals surface area contributed by atoms with Crippen LogP contribution in [-0.2, 0) is 9.53 Å². The molecule has 114 valence electrons. The summed E-state index contributed by atoms with van der Waals surface area (Å²) in [4.78, 5) is 25.9. The predicted octanol–water partition coefficient (Wildman–Crippen LogP) is 3.55. The van der Waals surface area contributed by atoms with Crippen LogP contribution in [0, 0.1) is 0 Å². The van der Waals surface area contributed by atoms with Gasteiger partial charge in [0.05, 0.1) is 29.1 Å². The molecule has 2 rings (SSSR count). The molecule has 4 nitrogen and oxygen atoms in total. The first-order chi connectivity index (χ1) is 10.0. The summed E-state index contributed by atoms with van der Waals surface area (Å²) < 4.78 is 4.71. The van der Waals surface area contributed by atoms with Gasteiger partial charge in [0.2, 0.25) is 0 Å². The number of methoxy groups -OCH3 is 1. The molecule has 1 unspecified atom stereocenters. The number of likely N-dealkylation sites (tertiary alicyclic amines) is 1. The van der Waals surface area contributed by atoms with E-state index in [0.29, 0.717) is 17.1 Å². The number of hydrogen-bond acceptors (Lipinski definition) is 3. The molecule has 0 aliphatic carbocycles. The monoisotopic (exact) mass is 329 g/mol. The fourth-order valence-electron chi connectivity index (χ4n) is 2.58. The van der Waals surface area contributed by atoms with Crippen molar-refractivity contribution in [3.63, 3.8) is 0 Å². The normalized spacial score (nSPS) is 18.4. The SMILES string of the molecule is COC(=O)CC1CCCCN1C(=O)c1cccc(Cl)c1Cl. The quantitative estimate of drug-likeness (QED) is 0.796. The molecule has 1 amide bonds. The van der Waals surface area contributed by atoms with Crippen molar-refractivity contribution >= 4 is 35.1 Å². The molecule has 0 spiro atoms. The minimum atomic E-state index is -0.308. The van der Waals surface area contributed by atoms with E-state index in [4.69, 9.17) is 27.9 Å². The lowest BCUT2D eigenvalue weighted by atomic mass is 9.98. The highest BCUT2D eigenvalue weighted by Gasteiger charge is 2.30. The first-order valence-electron chi connectivity index (χ1n) is 6.86. The molecule has 0 aromatic heterocycles. The Balaban J connectivity index is 2.22. The van der Waals surface area contributed by atoms with Crippen LogP contribution < -0.4 is 0 Å². The maximum atomic E-state index is 12.7. The number of benzene rings is 1. The van der Waals surface area contributed by atoms with Crippen LogP contribution in [0.1, 0.15) is 36.0 Å². The van der Waals surface area contributed by atoms with Crippen molar-refractivity contribution in [3.05, 3.63) is 33.8 Å². The molecule has 1 aromatic carbocycles. The van der Waals surface area contributed by atoms with E-state index < -0.39 is 0 Å². The Morgan fingerprint density at radius 1 is 1.33 bits per heavy atom. The second-order valence-corrected chi connectivity index (χ2v) is 5.81. The van der Waals surface area contributed by atoms with Gasteiger partial charge in [-0.1, -0.05) is 29.3 Å². The number of carbonyl (C=O) groups excluding carboxylic acids is 2. The molecule has 1 aliphatic rings. The zero-order chi connectivity index (χ0) is 15.4. The molecule has 0 N–H and O–H groups in total. The van der Waals surface area contributed by atoms with Crippen molar-refractivity contribution in [1.82, 2.24) is 4.90 Å². The lowest BCUT2D eigenvalue weighted by Crippen LogP contribution is -2.45. The third-order valence-corrected chi connectivity index (χ3v) is 4.52. The molecule has 1 aromatic rings. The van der Waals surface area contributed by atoms with Gasteiger partial charge in [-0.3, -0.25) is 9.59 Å². The number of halogens is 2. The van der Waals surface area contributed by atoms with Crippen LogP contribution in [0.2, 0.25) is 10.0 Å². The summed E-state index contributed by atoms with van der Waals surface area (Å²) >= 11 is 12.1. The summed E-state index contributed by atoms with van der Waals surface area (Å²) in [7, 11) is 1.35. The molecule has 1 fully saturated rings. The predicted molar refractivity (Wildman–Crippen MR) is 81.8 cm³/mol. The molecule has 1 saturated heterocycles. The van der Waals surface area contributed by atoms with E-state index in [1.165, 1.54) is 7.11 Å². The molecule has 1 aliphatic heterocycles. The summed E-state index contributed by atoms with van der Waals surface area (Å²) in [6.07, 6.45) is 2.91. The molecular weight excluding hydrogens is 313 g/mol. The Kier molecular flexibility index (Phi) is 5.48. The highest BCUT2D eigenvalue weighted by atomic mass is 35.5. The molecular formula is C15H17Cl2NO3. The average molecular weight is 330 g/mol. The summed E-state index contributed by atoms with van der Waals surface area (Å²) in [5.41, 5.74) is 0.376. The first kappa shape index (κ1) is 16.1. The van der Waals surface area contributed by atoms with E-state index in [1.54, 1.807) is 23.1 Å². The maximum Gasteiger partial charge on any atom is 0.307 e. The summed E-state index contributed by atoms with van der Waals surface area (Å²) in [5, 5.41) is 0.607. The summed E-state index contributed by atoms with van der Waals surface area (Å²) in [5.74, 6) is -0.493. The number of carbonyl (C=O) groups is 2. The first-order valence-corrected chi connectivity index (χ1v) is 7.62. The van der Waals surface area contributed by atoms with Crippen molar-refractivity contribution in [2.75, 3.05) is 13.7 Å². The van der Waals surface area contributed by atoms with Crippen molar-refractivity contribution in [3.8, 4) is 0 Å². The van der Waals surface area contributed by atoms with E-state index in [9.17, 15) is 9.59 Å². The van der Waals surface area contributed by atoms with E-state index in [-0.39, 0.29) is 29.4 Å². The van der Waals surface area contributed by atoms with Crippen LogP contribution in [0.25, 0.3) is 0 Å². The smallest absolute Gasteiger partial charge is 0.307 e. The van der Waals surface area contributed by atoms with Gasteiger partial charge in [0, 0.05) is 12.6 Å². The fourth-order valence-corrected chi connectivity index (χ4v) is 2.96. The Labute approximate surface area is 134 Å². The summed E-state index contributed by atoms with van der Waals surface area (Å²) in [6, 6.07) is 4.85. The molecule has 1 heterocycles.